The molecule has 3 rings (SSSR count). The van der Waals surface area contributed by atoms with Crippen LogP contribution in [0.2, 0.25) is 0 Å². The molecule has 0 bridgehead atoms. The van der Waals surface area contributed by atoms with E-state index in [1.165, 1.54) is 16.2 Å². The van der Waals surface area contributed by atoms with Gasteiger partial charge >= 0.3 is 0 Å². The first kappa shape index (κ1) is 15.1. The summed E-state index contributed by atoms with van der Waals surface area (Å²) in [5.41, 5.74) is 0.388. The van der Waals surface area contributed by atoms with Gasteiger partial charge in [-0.1, -0.05) is 36.4 Å². The van der Waals surface area contributed by atoms with Gasteiger partial charge in [0.05, 0.1) is 12.1 Å². The maximum Gasteiger partial charge on any atom is 0.292 e. The summed E-state index contributed by atoms with van der Waals surface area (Å²) in [7, 11) is 0. The number of likely N-dealkylation sites (tertiary alicyclic amines) is 1. The van der Waals surface area contributed by atoms with Crippen molar-refractivity contribution in [2.75, 3.05) is 6.54 Å². The van der Waals surface area contributed by atoms with Gasteiger partial charge in [0.25, 0.3) is 5.91 Å². The van der Waals surface area contributed by atoms with E-state index in [-0.39, 0.29) is 12.3 Å². The molecule has 0 spiro atoms. The lowest BCUT2D eigenvalue weighted by atomic mass is 9.89. The molecular weight excluding hydrogens is 312 g/mol. The van der Waals surface area contributed by atoms with Crippen molar-refractivity contribution in [3.05, 3.63) is 58.3 Å². The summed E-state index contributed by atoms with van der Waals surface area (Å²) < 4.78 is 0. The molecular formula is C17H12N2O3S. The monoisotopic (exact) mass is 324 g/mol. The van der Waals surface area contributed by atoms with Crippen LogP contribution in [0.1, 0.15) is 21.3 Å². The molecule has 2 heterocycles. The van der Waals surface area contributed by atoms with Crippen LogP contribution in [-0.2, 0) is 9.59 Å². The predicted molar refractivity (Wildman–Crippen MR) is 83.7 cm³/mol. The van der Waals surface area contributed by atoms with Crippen molar-refractivity contribution in [3.63, 3.8) is 0 Å². The number of hydrogen-bond acceptors (Lipinski definition) is 5. The Balaban J connectivity index is 2.06. The van der Waals surface area contributed by atoms with E-state index in [9.17, 15) is 14.4 Å². The van der Waals surface area contributed by atoms with Crippen LogP contribution in [0.25, 0.3) is 0 Å². The van der Waals surface area contributed by atoms with E-state index in [1.54, 1.807) is 42.5 Å². The lowest BCUT2D eigenvalue weighted by Crippen LogP contribution is -2.30. The number of Topliss-reactive ketones (excluding diaryl/α,β-unsaturated/α-hetero) is 2. The third kappa shape index (κ3) is 2.56. The minimum absolute atomic E-state index is 0.217. The predicted octanol–water partition coefficient (Wildman–Crippen LogP) is 2.22. The summed E-state index contributed by atoms with van der Waals surface area (Å²) in [5.74, 6) is -2.99. The van der Waals surface area contributed by atoms with Gasteiger partial charge in [-0.05, 0) is 11.4 Å². The Morgan fingerprint density at radius 2 is 1.91 bits per heavy atom. The summed E-state index contributed by atoms with van der Waals surface area (Å²) in [6.07, 6.45) is 0. The average molecular weight is 324 g/mol. The largest absolute Gasteiger partial charge is 0.314 e. The second-order valence-corrected chi connectivity index (χ2v) is 6.10. The average Bonchev–Trinajstić information content (AvgIpc) is 3.18. The Hall–Kier alpha value is -2.78. The molecule has 0 N–H and O–H groups in total. The Labute approximate surface area is 136 Å². The highest BCUT2D eigenvalue weighted by atomic mass is 32.1. The molecule has 1 amide bonds. The van der Waals surface area contributed by atoms with Crippen LogP contribution in [0.4, 0.5) is 0 Å². The van der Waals surface area contributed by atoms with Gasteiger partial charge in [-0.2, -0.15) is 5.26 Å². The first-order valence-electron chi connectivity index (χ1n) is 6.99. The van der Waals surface area contributed by atoms with E-state index in [0.717, 1.165) is 4.88 Å². The number of thiophene rings is 1. The number of carbonyl (C=O) groups excluding carboxylic acids is 3. The van der Waals surface area contributed by atoms with Crippen LogP contribution < -0.4 is 0 Å². The van der Waals surface area contributed by atoms with Crippen molar-refractivity contribution >= 4 is 28.8 Å². The Morgan fingerprint density at radius 1 is 1.17 bits per heavy atom. The van der Waals surface area contributed by atoms with Crippen molar-refractivity contribution in [2.45, 2.75) is 6.04 Å². The molecule has 0 radical (unpaired) electrons. The van der Waals surface area contributed by atoms with Crippen molar-refractivity contribution < 1.29 is 14.4 Å². The number of carbonyl (C=O) groups is 3. The fourth-order valence-electron chi connectivity index (χ4n) is 2.79. The van der Waals surface area contributed by atoms with Gasteiger partial charge in [0.15, 0.2) is 5.78 Å². The molecule has 1 saturated heterocycles. The number of benzene rings is 1. The van der Waals surface area contributed by atoms with Gasteiger partial charge in [0, 0.05) is 10.4 Å². The highest BCUT2D eigenvalue weighted by molar-refractivity contribution is 7.10. The smallest absolute Gasteiger partial charge is 0.292 e. The van der Waals surface area contributed by atoms with Gasteiger partial charge in [0.1, 0.15) is 12.5 Å². The highest BCUT2D eigenvalue weighted by Crippen LogP contribution is 2.39. The molecule has 1 fully saturated rings. The molecule has 5 nitrogen and oxygen atoms in total. The second-order valence-electron chi connectivity index (χ2n) is 5.12. The third-order valence-electron chi connectivity index (χ3n) is 3.82. The van der Waals surface area contributed by atoms with Crippen LogP contribution in [0, 0.1) is 17.2 Å². The summed E-state index contributed by atoms with van der Waals surface area (Å²) in [6.45, 7) is -0.217. The molecule has 1 aliphatic rings. The standard InChI is InChI=1S/C17H12N2O3S/c18-8-9-19-14(12-7-4-10-23-12)13(16(21)17(19)22)15(20)11-5-2-1-3-6-11/h1-7,10,13-14H,9H2. The molecule has 2 atom stereocenters. The van der Waals surface area contributed by atoms with E-state index in [0.29, 0.717) is 5.56 Å². The zero-order chi connectivity index (χ0) is 16.4. The topological polar surface area (TPSA) is 78.2 Å². The lowest BCUT2D eigenvalue weighted by molar-refractivity contribution is -0.140. The van der Waals surface area contributed by atoms with E-state index >= 15 is 0 Å². The van der Waals surface area contributed by atoms with Crippen LogP contribution in [0.5, 0.6) is 0 Å². The molecule has 1 aliphatic heterocycles. The zero-order valence-corrected chi connectivity index (χ0v) is 12.8. The van der Waals surface area contributed by atoms with Gasteiger partial charge in [-0.3, -0.25) is 14.4 Å². The number of rotatable bonds is 4. The number of nitriles is 1. The minimum atomic E-state index is -1.10. The van der Waals surface area contributed by atoms with Gasteiger partial charge < -0.3 is 4.90 Å². The Bertz CT molecular complexity index is 793. The summed E-state index contributed by atoms with van der Waals surface area (Å²) in [6, 6.07) is 13.2. The quantitative estimate of drug-likeness (QED) is 0.374. The summed E-state index contributed by atoms with van der Waals surface area (Å²) in [4.78, 5) is 39.3. The first-order chi connectivity index (χ1) is 11.1. The Kier molecular flexibility index (Phi) is 4.04. The van der Waals surface area contributed by atoms with Crippen LogP contribution in [0.15, 0.2) is 47.8 Å². The normalized spacial score (nSPS) is 20.6. The maximum atomic E-state index is 12.8. The van der Waals surface area contributed by atoms with Crippen molar-refractivity contribution in [1.29, 1.82) is 5.26 Å². The highest BCUT2D eigenvalue weighted by Gasteiger charge is 2.51. The number of amides is 1. The maximum absolute atomic E-state index is 12.8. The molecule has 0 saturated carbocycles. The molecule has 0 aliphatic carbocycles. The van der Waals surface area contributed by atoms with Crippen molar-refractivity contribution in [3.8, 4) is 6.07 Å². The van der Waals surface area contributed by atoms with Crippen molar-refractivity contribution in [2.24, 2.45) is 5.92 Å². The molecule has 23 heavy (non-hydrogen) atoms. The molecule has 2 aromatic rings. The number of hydrogen-bond donors (Lipinski definition) is 0. The molecule has 6 heteroatoms. The molecule has 114 valence electrons. The fourth-order valence-corrected chi connectivity index (χ4v) is 3.67. The molecule has 1 aromatic carbocycles. The third-order valence-corrected chi connectivity index (χ3v) is 4.77. The van der Waals surface area contributed by atoms with Crippen LogP contribution >= 0.6 is 11.3 Å². The van der Waals surface area contributed by atoms with Gasteiger partial charge in [-0.25, -0.2) is 0 Å². The SMILES string of the molecule is N#CCN1C(=O)C(=O)C(C(=O)c2ccccc2)C1c1cccs1. The minimum Gasteiger partial charge on any atom is -0.314 e. The van der Waals surface area contributed by atoms with Gasteiger partial charge in [-0.15, -0.1) is 11.3 Å². The van der Waals surface area contributed by atoms with Crippen LogP contribution in [-0.4, -0.2) is 28.9 Å². The molecule has 2 unspecified atom stereocenters. The van der Waals surface area contributed by atoms with E-state index < -0.39 is 23.7 Å². The second kappa shape index (κ2) is 6.15. The summed E-state index contributed by atoms with van der Waals surface area (Å²) >= 11 is 1.36. The lowest BCUT2D eigenvalue weighted by Gasteiger charge is -2.23. The van der Waals surface area contributed by atoms with E-state index in [2.05, 4.69) is 0 Å². The van der Waals surface area contributed by atoms with Gasteiger partial charge in [0.2, 0.25) is 5.78 Å². The van der Waals surface area contributed by atoms with Crippen LogP contribution in [0.3, 0.4) is 0 Å². The first-order valence-corrected chi connectivity index (χ1v) is 7.87. The zero-order valence-electron chi connectivity index (χ0n) is 12.0. The molecule has 1 aromatic heterocycles. The number of nitrogens with zero attached hydrogens (tertiary/aromatic N) is 2. The fraction of sp³-hybridized carbons (Fsp3) is 0.176. The summed E-state index contributed by atoms with van der Waals surface area (Å²) in [5, 5.41) is 10.8. The Morgan fingerprint density at radius 3 is 2.52 bits per heavy atom. The van der Waals surface area contributed by atoms with E-state index in [1.807, 2.05) is 11.4 Å². The number of ketones is 2. The van der Waals surface area contributed by atoms with E-state index in [4.69, 9.17) is 5.26 Å². The van der Waals surface area contributed by atoms with Crippen molar-refractivity contribution in [1.82, 2.24) is 4.90 Å².